The molecule has 6 nitrogen and oxygen atoms in total. The molecule has 0 aromatic heterocycles. The van der Waals surface area contributed by atoms with E-state index < -0.39 is 15.4 Å². The van der Waals surface area contributed by atoms with Gasteiger partial charge in [0.25, 0.3) is 0 Å². The molecule has 0 atom stereocenters. The molecule has 0 bridgehead atoms. The van der Waals surface area contributed by atoms with Crippen molar-refractivity contribution in [1.82, 2.24) is 14.5 Å². The van der Waals surface area contributed by atoms with Gasteiger partial charge in [0.05, 0.1) is 11.2 Å². The minimum Gasteiger partial charge on any atom is -0.342 e. The fourth-order valence-electron chi connectivity index (χ4n) is 4.39. The molecule has 1 N–H and O–H groups in total. The maximum absolute atomic E-state index is 13.6. The Kier molecular flexibility index (Phi) is 7.90. The van der Waals surface area contributed by atoms with Gasteiger partial charge in [0.2, 0.25) is 15.9 Å². The van der Waals surface area contributed by atoms with Crippen molar-refractivity contribution in [2.75, 3.05) is 39.0 Å². The van der Waals surface area contributed by atoms with Crippen molar-refractivity contribution in [3.05, 3.63) is 35.9 Å². The van der Waals surface area contributed by atoms with Gasteiger partial charge in [-0.2, -0.15) is 0 Å². The van der Waals surface area contributed by atoms with Crippen LogP contribution in [-0.4, -0.2) is 68.6 Å². The largest absolute Gasteiger partial charge is 0.342 e. The van der Waals surface area contributed by atoms with Crippen LogP contribution in [-0.2, 0) is 20.2 Å². The van der Waals surface area contributed by atoms with Crippen molar-refractivity contribution in [3.63, 3.8) is 0 Å². The lowest BCUT2D eigenvalue weighted by molar-refractivity contribution is -0.140. The van der Waals surface area contributed by atoms with E-state index in [4.69, 9.17) is 0 Å². The maximum atomic E-state index is 13.6. The van der Waals surface area contributed by atoms with Gasteiger partial charge in [0.1, 0.15) is 0 Å². The van der Waals surface area contributed by atoms with Gasteiger partial charge in [-0.05, 0) is 45.2 Å². The van der Waals surface area contributed by atoms with E-state index in [9.17, 15) is 13.2 Å². The SMILES string of the molecule is CCS(=O)(=O)N1CCC(C(=O)N2CCC(NC)CC2)(c2ccccc2)CC1.Cl. The number of halogens is 1. The van der Waals surface area contributed by atoms with Crippen LogP contribution in [0.1, 0.15) is 38.2 Å². The number of nitrogens with zero attached hydrogens (tertiary/aromatic N) is 2. The van der Waals surface area contributed by atoms with Crippen molar-refractivity contribution in [1.29, 1.82) is 0 Å². The average Bonchev–Trinajstić information content (AvgIpc) is 2.74. The van der Waals surface area contributed by atoms with E-state index in [0.29, 0.717) is 32.0 Å². The first-order valence-electron chi connectivity index (χ1n) is 9.93. The number of carbonyl (C=O) groups excluding carboxylic acids is 1. The number of amides is 1. The summed E-state index contributed by atoms with van der Waals surface area (Å²) in [5, 5.41) is 3.30. The molecule has 3 rings (SSSR count). The quantitative estimate of drug-likeness (QED) is 0.777. The van der Waals surface area contributed by atoms with E-state index in [1.165, 1.54) is 0 Å². The number of hydrogen-bond acceptors (Lipinski definition) is 4. The molecule has 2 fully saturated rings. The number of piperidine rings is 2. The van der Waals surface area contributed by atoms with Crippen LogP contribution in [0.3, 0.4) is 0 Å². The highest BCUT2D eigenvalue weighted by molar-refractivity contribution is 7.89. The first-order chi connectivity index (χ1) is 12.9. The molecule has 1 amide bonds. The molecule has 8 heteroatoms. The Balaban J connectivity index is 0.00000280. The Hall–Kier alpha value is -1.15. The van der Waals surface area contributed by atoms with Crippen LogP contribution < -0.4 is 5.32 Å². The second-order valence-corrected chi connectivity index (χ2v) is 9.86. The summed E-state index contributed by atoms with van der Waals surface area (Å²) in [6.45, 7) is 4.00. The van der Waals surface area contributed by atoms with E-state index in [0.717, 1.165) is 31.5 Å². The second kappa shape index (κ2) is 9.57. The molecule has 0 saturated carbocycles. The molecule has 0 unspecified atom stereocenters. The first-order valence-corrected chi connectivity index (χ1v) is 11.5. The fraction of sp³-hybridized carbons (Fsp3) is 0.650. The summed E-state index contributed by atoms with van der Waals surface area (Å²) in [6, 6.07) is 10.4. The van der Waals surface area contributed by atoms with Gasteiger partial charge in [-0.1, -0.05) is 30.3 Å². The van der Waals surface area contributed by atoms with E-state index in [1.54, 1.807) is 11.2 Å². The maximum Gasteiger partial charge on any atom is 0.233 e. The predicted molar refractivity (Wildman–Crippen MR) is 114 cm³/mol. The number of carbonyl (C=O) groups is 1. The Morgan fingerprint density at radius 2 is 1.68 bits per heavy atom. The van der Waals surface area contributed by atoms with Crippen molar-refractivity contribution in [3.8, 4) is 0 Å². The highest BCUT2D eigenvalue weighted by Crippen LogP contribution is 2.38. The van der Waals surface area contributed by atoms with Crippen LogP contribution in [0.5, 0.6) is 0 Å². The third-order valence-electron chi connectivity index (χ3n) is 6.26. The number of hydrogen-bond donors (Lipinski definition) is 1. The highest BCUT2D eigenvalue weighted by Gasteiger charge is 2.46. The smallest absolute Gasteiger partial charge is 0.233 e. The predicted octanol–water partition coefficient (Wildman–Crippen LogP) is 2.00. The molecule has 0 aliphatic carbocycles. The van der Waals surface area contributed by atoms with Crippen molar-refractivity contribution >= 4 is 28.3 Å². The zero-order valence-corrected chi connectivity index (χ0v) is 18.4. The van der Waals surface area contributed by atoms with Gasteiger partial charge in [-0.3, -0.25) is 4.79 Å². The van der Waals surface area contributed by atoms with Crippen LogP contribution in [0.25, 0.3) is 0 Å². The van der Waals surface area contributed by atoms with E-state index >= 15 is 0 Å². The van der Waals surface area contributed by atoms with Gasteiger partial charge >= 0.3 is 0 Å². The highest BCUT2D eigenvalue weighted by atomic mass is 35.5. The summed E-state index contributed by atoms with van der Waals surface area (Å²) >= 11 is 0. The van der Waals surface area contributed by atoms with Gasteiger partial charge in [0.15, 0.2) is 0 Å². The average molecular weight is 430 g/mol. The number of likely N-dealkylation sites (tertiary alicyclic amines) is 1. The van der Waals surface area contributed by atoms with Crippen LogP contribution in [0.4, 0.5) is 0 Å². The van der Waals surface area contributed by atoms with Crippen molar-refractivity contribution in [2.24, 2.45) is 0 Å². The molecular weight excluding hydrogens is 398 g/mol. The monoisotopic (exact) mass is 429 g/mol. The molecule has 2 saturated heterocycles. The third-order valence-corrected chi connectivity index (χ3v) is 8.14. The van der Waals surface area contributed by atoms with E-state index in [1.807, 2.05) is 42.3 Å². The zero-order valence-electron chi connectivity index (χ0n) is 16.8. The summed E-state index contributed by atoms with van der Waals surface area (Å²) in [4.78, 5) is 15.6. The van der Waals surface area contributed by atoms with Crippen LogP contribution >= 0.6 is 12.4 Å². The second-order valence-electron chi connectivity index (χ2n) is 7.60. The van der Waals surface area contributed by atoms with Gasteiger partial charge < -0.3 is 10.2 Å². The summed E-state index contributed by atoms with van der Waals surface area (Å²) in [5.74, 6) is 0.272. The Bertz CT molecular complexity index is 741. The molecule has 2 heterocycles. The van der Waals surface area contributed by atoms with Gasteiger partial charge in [0, 0.05) is 32.2 Å². The minimum atomic E-state index is -3.21. The Labute approximate surface area is 175 Å². The van der Waals surface area contributed by atoms with Gasteiger partial charge in [-0.15, -0.1) is 12.4 Å². The summed E-state index contributed by atoms with van der Waals surface area (Å²) in [5.41, 5.74) is 0.396. The van der Waals surface area contributed by atoms with Gasteiger partial charge in [-0.25, -0.2) is 12.7 Å². The van der Waals surface area contributed by atoms with Crippen LogP contribution in [0.2, 0.25) is 0 Å². The molecule has 0 spiro atoms. The number of benzene rings is 1. The Morgan fingerprint density at radius 3 is 2.18 bits per heavy atom. The summed E-state index contributed by atoms with van der Waals surface area (Å²) < 4.78 is 26.1. The topological polar surface area (TPSA) is 69.7 Å². The molecule has 2 aliphatic rings. The molecule has 2 aliphatic heterocycles. The van der Waals surface area contributed by atoms with Crippen LogP contribution in [0.15, 0.2) is 30.3 Å². The normalized spacial score (nSPS) is 21.1. The molecule has 28 heavy (non-hydrogen) atoms. The number of rotatable bonds is 5. The zero-order chi connectivity index (χ0) is 19.5. The van der Waals surface area contributed by atoms with Crippen molar-refractivity contribution < 1.29 is 13.2 Å². The third kappa shape index (κ3) is 4.53. The standard InChI is InChI=1S/C20H31N3O3S.ClH/c1-3-27(25,26)23-15-11-20(12-16-23,17-7-5-4-6-8-17)19(24)22-13-9-18(21-2)10-14-22;/h4-8,18,21H,3,9-16H2,1-2H3;1H. The van der Waals surface area contributed by atoms with Crippen molar-refractivity contribution in [2.45, 2.75) is 44.1 Å². The lowest BCUT2D eigenvalue weighted by Crippen LogP contribution is -2.56. The fourth-order valence-corrected chi connectivity index (χ4v) is 5.49. The summed E-state index contributed by atoms with van der Waals surface area (Å²) in [6.07, 6.45) is 3.01. The minimum absolute atomic E-state index is 0. The molecular formula is C20H32ClN3O3S. The molecule has 1 aromatic rings. The Morgan fingerprint density at radius 1 is 1.11 bits per heavy atom. The van der Waals surface area contributed by atoms with E-state index in [-0.39, 0.29) is 24.1 Å². The number of sulfonamides is 1. The lowest BCUT2D eigenvalue weighted by Gasteiger charge is -2.44. The van der Waals surface area contributed by atoms with E-state index in [2.05, 4.69) is 5.32 Å². The summed E-state index contributed by atoms with van der Waals surface area (Å²) in [7, 11) is -1.24. The molecule has 158 valence electrons. The first kappa shape index (κ1) is 23.1. The number of nitrogens with one attached hydrogen (secondary N) is 1. The molecule has 1 aromatic carbocycles. The lowest BCUT2D eigenvalue weighted by atomic mass is 9.71. The van der Waals surface area contributed by atoms with Crippen LogP contribution in [0, 0.1) is 0 Å². The molecule has 0 radical (unpaired) electrons.